The van der Waals surface area contributed by atoms with Crippen LogP contribution in [0.4, 0.5) is 0 Å². The number of hydrogen-bond acceptors (Lipinski definition) is 2. The third-order valence-electron chi connectivity index (χ3n) is 3.12. The summed E-state index contributed by atoms with van der Waals surface area (Å²) in [4.78, 5) is 0. The van der Waals surface area contributed by atoms with E-state index >= 15 is 0 Å². The van der Waals surface area contributed by atoms with Crippen LogP contribution in [0.15, 0.2) is 0 Å². The molecule has 0 aliphatic rings. The van der Waals surface area contributed by atoms with Crippen molar-refractivity contribution in [3.8, 4) is 0 Å². The second-order valence-electron chi connectivity index (χ2n) is 6.74. The zero-order chi connectivity index (χ0) is 13.1. The van der Waals surface area contributed by atoms with Crippen molar-refractivity contribution in [2.75, 3.05) is 0 Å². The van der Waals surface area contributed by atoms with Gasteiger partial charge in [0.05, 0.1) is 12.2 Å². The minimum Gasteiger partial charge on any atom is -0.342 e. The molecule has 2 atom stereocenters. The van der Waals surface area contributed by atoms with Crippen LogP contribution in [-0.2, 0) is 9.47 Å². The van der Waals surface area contributed by atoms with Crippen molar-refractivity contribution < 1.29 is 9.47 Å². The second kappa shape index (κ2) is 5.50. The van der Waals surface area contributed by atoms with E-state index in [1.807, 2.05) is 6.92 Å². The summed E-state index contributed by atoms with van der Waals surface area (Å²) in [6.45, 7) is 19.0. The Morgan fingerprint density at radius 1 is 0.750 bits per heavy atom. The standard InChI is InChI=1S/C14H29O2/c1-10(13(4,5)6)15-12(3)16-11(2)14(7,8)9/h10-11H,1-9H3. The van der Waals surface area contributed by atoms with Gasteiger partial charge in [0.2, 0.25) is 6.29 Å². The van der Waals surface area contributed by atoms with E-state index in [1.165, 1.54) is 0 Å². The Morgan fingerprint density at radius 3 is 1.19 bits per heavy atom. The predicted octanol–water partition coefficient (Wildman–Crippen LogP) is 4.40. The Bertz CT molecular complexity index is 176. The molecule has 0 bridgehead atoms. The summed E-state index contributed by atoms with van der Waals surface area (Å²) in [5.74, 6) is 0. The van der Waals surface area contributed by atoms with E-state index in [0.29, 0.717) is 6.29 Å². The van der Waals surface area contributed by atoms with E-state index in [2.05, 4.69) is 55.4 Å². The molecule has 0 amide bonds. The van der Waals surface area contributed by atoms with E-state index in [0.717, 1.165) is 0 Å². The van der Waals surface area contributed by atoms with Crippen LogP contribution in [0.5, 0.6) is 0 Å². The highest BCUT2D eigenvalue weighted by atomic mass is 16.7. The molecule has 0 aromatic heterocycles. The lowest BCUT2D eigenvalue weighted by molar-refractivity contribution is -0.137. The van der Waals surface area contributed by atoms with Crippen molar-refractivity contribution in [2.45, 2.75) is 74.5 Å². The van der Waals surface area contributed by atoms with E-state index in [4.69, 9.17) is 9.47 Å². The van der Waals surface area contributed by atoms with Crippen molar-refractivity contribution in [2.24, 2.45) is 10.8 Å². The summed E-state index contributed by atoms with van der Waals surface area (Å²) in [5.41, 5.74) is 0.269. The van der Waals surface area contributed by atoms with Gasteiger partial charge in [0.25, 0.3) is 0 Å². The summed E-state index contributed by atoms with van der Waals surface area (Å²) in [6.07, 6.45) is 0.976. The Morgan fingerprint density at radius 2 is 1.00 bits per heavy atom. The maximum atomic E-state index is 5.78. The first-order chi connectivity index (χ1) is 6.94. The van der Waals surface area contributed by atoms with Crippen LogP contribution in [0.25, 0.3) is 0 Å². The number of ether oxygens (including phenoxy) is 2. The highest BCUT2D eigenvalue weighted by molar-refractivity contribution is 4.76. The van der Waals surface area contributed by atoms with Crippen molar-refractivity contribution in [3.05, 3.63) is 6.29 Å². The van der Waals surface area contributed by atoms with E-state index in [1.54, 1.807) is 0 Å². The molecule has 0 spiro atoms. The Kier molecular flexibility index (Phi) is 5.48. The third kappa shape index (κ3) is 5.86. The molecule has 0 heterocycles. The molecule has 1 radical (unpaired) electrons. The summed E-state index contributed by atoms with van der Waals surface area (Å²) in [5, 5.41) is 0. The fourth-order valence-electron chi connectivity index (χ4n) is 0.879. The molecule has 0 aromatic carbocycles. The molecule has 97 valence electrons. The zero-order valence-corrected chi connectivity index (χ0v) is 12.5. The van der Waals surface area contributed by atoms with Gasteiger partial charge in [-0.2, -0.15) is 0 Å². The molecular weight excluding hydrogens is 200 g/mol. The highest BCUT2D eigenvalue weighted by Crippen LogP contribution is 2.28. The average Bonchev–Trinajstić information content (AvgIpc) is 1.99. The summed E-state index contributed by atoms with van der Waals surface area (Å²) in [7, 11) is 0. The molecule has 2 nitrogen and oxygen atoms in total. The Balaban J connectivity index is 4.15. The van der Waals surface area contributed by atoms with Crippen LogP contribution >= 0.6 is 0 Å². The molecule has 0 aliphatic heterocycles. The zero-order valence-electron chi connectivity index (χ0n) is 12.5. The molecule has 2 unspecified atom stereocenters. The summed E-state index contributed by atoms with van der Waals surface area (Å²) in [6, 6.07) is 0. The molecule has 0 N–H and O–H groups in total. The average molecular weight is 229 g/mol. The van der Waals surface area contributed by atoms with Crippen molar-refractivity contribution >= 4 is 0 Å². The van der Waals surface area contributed by atoms with Crippen molar-refractivity contribution in [1.82, 2.24) is 0 Å². The highest BCUT2D eigenvalue weighted by Gasteiger charge is 2.27. The first-order valence-electron chi connectivity index (χ1n) is 6.11. The largest absolute Gasteiger partial charge is 0.342 e. The van der Waals surface area contributed by atoms with Gasteiger partial charge in [-0.05, 0) is 31.6 Å². The van der Waals surface area contributed by atoms with Gasteiger partial charge in [0, 0.05) is 0 Å². The third-order valence-corrected chi connectivity index (χ3v) is 3.12. The first kappa shape index (κ1) is 15.9. The van der Waals surface area contributed by atoms with Gasteiger partial charge in [-0.1, -0.05) is 41.5 Å². The van der Waals surface area contributed by atoms with Gasteiger partial charge in [-0.3, -0.25) is 0 Å². The molecule has 0 fully saturated rings. The van der Waals surface area contributed by atoms with E-state index < -0.39 is 0 Å². The minimum atomic E-state index is 0.135. The molecule has 0 aliphatic carbocycles. The van der Waals surface area contributed by atoms with Gasteiger partial charge in [-0.25, -0.2) is 0 Å². The fourth-order valence-corrected chi connectivity index (χ4v) is 0.879. The first-order valence-corrected chi connectivity index (χ1v) is 6.11. The molecule has 16 heavy (non-hydrogen) atoms. The molecular formula is C14H29O2. The van der Waals surface area contributed by atoms with Gasteiger partial charge in [0.1, 0.15) is 0 Å². The van der Waals surface area contributed by atoms with Crippen LogP contribution in [0.3, 0.4) is 0 Å². The molecule has 2 heteroatoms. The molecule has 0 rings (SSSR count). The quantitative estimate of drug-likeness (QED) is 0.711. The minimum absolute atomic E-state index is 0.135. The van der Waals surface area contributed by atoms with Gasteiger partial charge in [-0.15, -0.1) is 0 Å². The van der Waals surface area contributed by atoms with Crippen LogP contribution in [0, 0.1) is 17.1 Å². The molecule has 0 aromatic rings. The van der Waals surface area contributed by atoms with E-state index in [-0.39, 0.29) is 23.0 Å². The smallest absolute Gasteiger partial charge is 0.221 e. The van der Waals surface area contributed by atoms with Gasteiger partial charge >= 0.3 is 0 Å². The Hall–Kier alpha value is -0.0800. The normalized spacial score (nSPS) is 17.6. The second-order valence-corrected chi connectivity index (χ2v) is 6.74. The van der Waals surface area contributed by atoms with Crippen LogP contribution in [0.1, 0.15) is 62.3 Å². The number of hydrogen-bond donors (Lipinski definition) is 0. The predicted molar refractivity (Wildman–Crippen MR) is 68.9 cm³/mol. The van der Waals surface area contributed by atoms with Crippen LogP contribution in [0.2, 0.25) is 0 Å². The maximum absolute atomic E-state index is 5.78. The monoisotopic (exact) mass is 229 g/mol. The summed E-state index contributed by atoms with van der Waals surface area (Å²) >= 11 is 0. The maximum Gasteiger partial charge on any atom is 0.221 e. The lowest BCUT2D eigenvalue weighted by atomic mass is 9.90. The molecule has 0 saturated carbocycles. The van der Waals surface area contributed by atoms with Gasteiger partial charge < -0.3 is 9.47 Å². The van der Waals surface area contributed by atoms with Crippen molar-refractivity contribution in [3.63, 3.8) is 0 Å². The summed E-state index contributed by atoms with van der Waals surface area (Å²) < 4.78 is 11.6. The van der Waals surface area contributed by atoms with Crippen molar-refractivity contribution in [1.29, 1.82) is 0 Å². The lowest BCUT2D eigenvalue weighted by Gasteiger charge is -2.33. The molecule has 0 saturated heterocycles. The van der Waals surface area contributed by atoms with Crippen LogP contribution < -0.4 is 0 Å². The van der Waals surface area contributed by atoms with Crippen LogP contribution in [-0.4, -0.2) is 12.2 Å². The fraction of sp³-hybridized carbons (Fsp3) is 0.929. The van der Waals surface area contributed by atoms with E-state index in [9.17, 15) is 0 Å². The number of rotatable bonds is 4. The Labute approximate surface area is 102 Å². The lowest BCUT2D eigenvalue weighted by Crippen LogP contribution is -2.32. The van der Waals surface area contributed by atoms with Gasteiger partial charge in [0.15, 0.2) is 0 Å². The SMILES string of the molecule is C[C](OC(C)C(C)(C)C)OC(C)C(C)(C)C. The topological polar surface area (TPSA) is 18.5 Å².